The molecule has 0 bridgehead atoms. The van der Waals surface area contributed by atoms with Gasteiger partial charge >= 0.3 is 0 Å². The van der Waals surface area contributed by atoms with Crippen LogP contribution >= 0.6 is 22.6 Å². The van der Waals surface area contributed by atoms with Gasteiger partial charge in [-0.2, -0.15) is 8.78 Å². The molecule has 0 saturated carbocycles. The molecule has 1 aromatic carbocycles. The molecule has 0 heterocycles. The summed E-state index contributed by atoms with van der Waals surface area (Å²) in [4.78, 5) is 0. The van der Waals surface area contributed by atoms with Gasteiger partial charge in [-0.05, 0) is 58.4 Å². The van der Waals surface area contributed by atoms with Crippen LogP contribution in [-0.4, -0.2) is 21.5 Å². The highest BCUT2D eigenvalue weighted by molar-refractivity contribution is 14.1. The van der Waals surface area contributed by atoms with Gasteiger partial charge in [-0.15, -0.1) is 0 Å². The van der Waals surface area contributed by atoms with Crippen LogP contribution in [0.3, 0.4) is 0 Å². The van der Waals surface area contributed by atoms with E-state index in [0.29, 0.717) is 24.5 Å². The summed E-state index contributed by atoms with van der Waals surface area (Å²) in [6.45, 7) is 12.0. The third kappa shape index (κ3) is 5.62. The van der Waals surface area contributed by atoms with Gasteiger partial charge in [0.25, 0.3) is 6.08 Å². The van der Waals surface area contributed by atoms with Gasteiger partial charge in [0.1, 0.15) is 12.4 Å². The summed E-state index contributed by atoms with van der Waals surface area (Å²) in [6, 6.07) is 6.66. The molecule has 1 rings (SSSR count). The fraction of sp³-hybridized carbons (Fsp3) is 0.500. The molecule has 0 radical (unpaired) electrons. The first-order valence-electron chi connectivity index (χ1n) is 7.12. The van der Waals surface area contributed by atoms with Crippen LogP contribution in [0.25, 0.3) is 3.58 Å². The van der Waals surface area contributed by atoms with Crippen molar-refractivity contribution in [2.45, 2.75) is 38.9 Å². The van der Waals surface area contributed by atoms with Gasteiger partial charge in [0, 0.05) is 0 Å². The van der Waals surface area contributed by atoms with Gasteiger partial charge in [0.15, 0.2) is 8.32 Å². The van der Waals surface area contributed by atoms with E-state index in [1.54, 1.807) is 46.9 Å². The van der Waals surface area contributed by atoms with Crippen LogP contribution in [0, 0.1) is 0 Å². The van der Waals surface area contributed by atoms with Gasteiger partial charge in [0.2, 0.25) is 0 Å². The second-order valence-corrected chi connectivity index (χ2v) is 12.4. The zero-order valence-corrected chi connectivity index (χ0v) is 16.8. The molecular weight excluding hydrogens is 417 g/mol. The first kappa shape index (κ1) is 19.6. The Bertz CT molecular complexity index is 518. The average molecular weight is 440 g/mol. The Labute approximate surface area is 146 Å². The maximum Gasteiger partial charge on any atom is 0.284 e. The van der Waals surface area contributed by atoms with Crippen molar-refractivity contribution in [1.29, 1.82) is 0 Å². The first-order chi connectivity index (χ1) is 10.0. The molecule has 0 unspecified atom stereocenters. The van der Waals surface area contributed by atoms with Crippen molar-refractivity contribution >= 4 is 34.5 Å². The van der Waals surface area contributed by atoms with Crippen molar-refractivity contribution in [2.75, 3.05) is 13.2 Å². The molecule has 0 amide bonds. The molecule has 1 aromatic rings. The zero-order chi connectivity index (χ0) is 17.0. The van der Waals surface area contributed by atoms with Gasteiger partial charge in [-0.1, -0.05) is 32.9 Å². The third-order valence-corrected chi connectivity index (χ3v) is 9.46. The van der Waals surface area contributed by atoms with Gasteiger partial charge in [-0.25, -0.2) is 0 Å². The Balaban J connectivity index is 2.49. The molecule has 0 N–H and O–H groups in total. The van der Waals surface area contributed by atoms with E-state index in [-0.39, 0.29) is 8.62 Å². The molecule has 0 aromatic heterocycles. The summed E-state index contributed by atoms with van der Waals surface area (Å²) in [6.07, 6.45) is -1.67. The standard InChI is InChI=1S/C16H23F2IO2Si/c1-16(2,3)22(4,5)21-11-10-20-13-8-6-12(7-9-13)14(19)15(17)18/h6-9H,10-11H2,1-5H3. The van der Waals surface area contributed by atoms with Crippen LogP contribution in [-0.2, 0) is 4.43 Å². The summed E-state index contributed by atoms with van der Waals surface area (Å²) in [5.74, 6) is 0.658. The Hall–Kier alpha value is -0.473. The number of rotatable bonds is 6. The van der Waals surface area contributed by atoms with Crippen molar-refractivity contribution in [2.24, 2.45) is 0 Å². The molecule has 22 heavy (non-hydrogen) atoms. The maximum absolute atomic E-state index is 12.5. The number of benzene rings is 1. The maximum atomic E-state index is 12.5. The highest BCUT2D eigenvalue weighted by atomic mass is 127. The lowest BCUT2D eigenvalue weighted by molar-refractivity contribution is 0.203. The predicted molar refractivity (Wildman–Crippen MR) is 98.2 cm³/mol. The molecule has 0 fully saturated rings. The molecule has 0 aliphatic heterocycles. The average Bonchev–Trinajstić information content (AvgIpc) is 2.42. The molecule has 0 saturated heterocycles. The van der Waals surface area contributed by atoms with Crippen molar-refractivity contribution in [1.82, 2.24) is 0 Å². The second kappa shape index (κ2) is 7.87. The zero-order valence-electron chi connectivity index (χ0n) is 13.7. The smallest absolute Gasteiger partial charge is 0.284 e. The van der Waals surface area contributed by atoms with E-state index in [1.165, 1.54) is 0 Å². The van der Waals surface area contributed by atoms with E-state index in [9.17, 15) is 8.78 Å². The molecule has 6 heteroatoms. The Morgan fingerprint density at radius 2 is 1.64 bits per heavy atom. The van der Waals surface area contributed by atoms with Crippen molar-refractivity contribution in [3.05, 3.63) is 35.9 Å². The summed E-state index contributed by atoms with van der Waals surface area (Å²) >= 11 is 1.63. The van der Waals surface area contributed by atoms with Crippen molar-refractivity contribution < 1.29 is 17.9 Å². The fourth-order valence-corrected chi connectivity index (χ4v) is 2.87. The topological polar surface area (TPSA) is 18.5 Å². The number of hydrogen-bond donors (Lipinski definition) is 0. The van der Waals surface area contributed by atoms with Gasteiger partial charge < -0.3 is 9.16 Å². The van der Waals surface area contributed by atoms with Gasteiger partial charge in [0.05, 0.1) is 10.2 Å². The Morgan fingerprint density at radius 3 is 2.09 bits per heavy atom. The van der Waals surface area contributed by atoms with E-state index in [1.807, 2.05) is 0 Å². The lowest BCUT2D eigenvalue weighted by atomic mass is 10.2. The summed E-state index contributed by atoms with van der Waals surface area (Å²) in [5.41, 5.74) is 0.491. The molecule has 0 atom stereocenters. The first-order valence-corrected chi connectivity index (χ1v) is 11.1. The SMILES string of the molecule is CC(C)(C)[Si](C)(C)OCCOc1ccc(C(I)=C(F)F)cc1. The quantitative estimate of drug-likeness (QED) is 0.303. The Kier molecular flexibility index (Phi) is 7.01. The highest BCUT2D eigenvalue weighted by Gasteiger charge is 2.36. The largest absolute Gasteiger partial charge is 0.491 e. The molecule has 2 nitrogen and oxygen atoms in total. The van der Waals surface area contributed by atoms with Crippen molar-refractivity contribution in [3.8, 4) is 5.75 Å². The highest BCUT2D eigenvalue weighted by Crippen LogP contribution is 2.36. The minimum atomic E-state index is -1.75. The molecule has 0 aliphatic rings. The molecule has 0 spiro atoms. The van der Waals surface area contributed by atoms with Crippen molar-refractivity contribution in [3.63, 3.8) is 0 Å². The summed E-state index contributed by atoms with van der Waals surface area (Å²) in [7, 11) is -1.75. The predicted octanol–water partition coefficient (Wildman–Crippen LogP) is 6.09. The normalized spacial score (nSPS) is 12.2. The van der Waals surface area contributed by atoms with E-state index < -0.39 is 14.4 Å². The lowest BCUT2D eigenvalue weighted by Crippen LogP contribution is -2.41. The van der Waals surface area contributed by atoms with E-state index >= 15 is 0 Å². The number of ether oxygens (including phenoxy) is 1. The molecule has 0 aliphatic carbocycles. The fourth-order valence-electron chi connectivity index (χ4n) is 1.48. The van der Waals surface area contributed by atoms with Crippen LogP contribution in [0.4, 0.5) is 8.78 Å². The van der Waals surface area contributed by atoms with E-state index in [2.05, 4.69) is 33.9 Å². The summed E-state index contributed by atoms with van der Waals surface area (Å²) < 4.78 is 36.6. The Morgan fingerprint density at radius 1 is 1.09 bits per heavy atom. The monoisotopic (exact) mass is 440 g/mol. The molecule has 124 valence electrons. The third-order valence-electron chi connectivity index (χ3n) is 3.89. The molecular formula is C16H23F2IO2Si. The summed E-state index contributed by atoms with van der Waals surface area (Å²) in [5, 5.41) is 0.175. The second-order valence-electron chi connectivity index (χ2n) is 6.56. The lowest BCUT2D eigenvalue weighted by Gasteiger charge is -2.36. The van der Waals surface area contributed by atoms with Gasteiger partial charge in [-0.3, -0.25) is 0 Å². The minimum absolute atomic E-state index is 0.0367. The van der Waals surface area contributed by atoms with E-state index in [4.69, 9.17) is 9.16 Å². The van der Waals surface area contributed by atoms with Crippen LogP contribution in [0.5, 0.6) is 5.75 Å². The van der Waals surface area contributed by atoms with Crippen LogP contribution in [0.2, 0.25) is 18.1 Å². The number of halogens is 3. The van der Waals surface area contributed by atoms with Crippen LogP contribution < -0.4 is 4.74 Å². The van der Waals surface area contributed by atoms with E-state index in [0.717, 1.165) is 0 Å². The van der Waals surface area contributed by atoms with Crippen LogP contribution in [0.15, 0.2) is 30.3 Å². The number of hydrogen-bond acceptors (Lipinski definition) is 2. The van der Waals surface area contributed by atoms with Crippen LogP contribution in [0.1, 0.15) is 26.3 Å². The minimum Gasteiger partial charge on any atom is -0.491 e.